The van der Waals surface area contributed by atoms with E-state index in [0.717, 1.165) is 11.3 Å². The number of hydrogen-bond acceptors (Lipinski definition) is 3. The van der Waals surface area contributed by atoms with Gasteiger partial charge in [0.05, 0.1) is 12.5 Å². The summed E-state index contributed by atoms with van der Waals surface area (Å²) >= 11 is 0. The van der Waals surface area contributed by atoms with Gasteiger partial charge in [-0.15, -0.1) is 0 Å². The van der Waals surface area contributed by atoms with Gasteiger partial charge >= 0.3 is 0 Å². The van der Waals surface area contributed by atoms with Gasteiger partial charge in [-0.05, 0) is 37.6 Å². The topological polar surface area (TPSA) is 53.0 Å². The van der Waals surface area contributed by atoms with Gasteiger partial charge in [-0.25, -0.2) is 4.39 Å². The summed E-state index contributed by atoms with van der Waals surface area (Å²) in [4.78, 5) is 1.96. The average molecular weight is 235 g/mol. The monoisotopic (exact) mass is 235 g/mol. The molecule has 0 aromatic heterocycles. The van der Waals surface area contributed by atoms with Gasteiger partial charge in [-0.2, -0.15) is 5.26 Å². The van der Waals surface area contributed by atoms with Crippen LogP contribution < -0.4 is 10.6 Å². The van der Waals surface area contributed by atoms with Crippen molar-refractivity contribution in [2.75, 3.05) is 11.9 Å². The Morgan fingerprint density at radius 2 is 2.12 bits per heavy atom. The summed E-state index contributed by atoms with van der Waals surface area (Å²) in [6.45, 7) is 3.78. The molecule has 0 bridgehead atoms. The fourth-order valence-corrected chi connectivity index (χ4v) is 1.72. The third-order valence-corrected chi connectivity index (χ3v) is 2.91. The maximum absolute atomic E-state index is 13.2. The lowest BCUT2D eigenvalue weighted by atomic mass is 10.0. The number of nitrogens with zero attached hydrogens (tertiary/aromatic N) is 2. The Balaban J connectivity index is 3.09. The van der Waals surface area contributed by atoms with Crippen LogP contribution in [-0.2, 0) is 0 Å². The number of nitriles is 1. The molecule has 0 aliphatic heterocycles. The van der Waals surface area contributed by atoms with E-state index >= 15 is 0 Å². The molecule has 0 amide bonds. The average Bonchev–Trinajstić information content (AvgIpc) is 2.28. The SMILES string of the molecule is CC(N)c1cc(F)ccc1N(C)C(C)CC#N. The number of rotatable bonds is 4. The van der Waals surface area contributed by atoms with Crippen molar-refractivity contribution in [2.24, 2.45) is 5.73 Å². The van der Waals surface area contributed by atoms with Crippen molar-refractivity contribution >= 4 is 5.69 Å². The number of nitrogens with two attached hydrogens (primary N) is 1. The van der Waals surface area contributed by atoms with Crippen LogP contribution in [0.5, 0.6) is 0 Å². The van der Waals surface area contributed by atoms with Gasteiger partial charge in [-0.3, -0.25) is 0 Å². The minimum absolute atomic E-state index is 0.0722. The molecule has 2 atom stereocenters. The predicted molar refractivity (Wildman–Crippen MR) is 67.1 cm³/mol. The molecule has 2 N–H and O–H groups in total. The highest BCUT2D eigenvalue weighted by Crippen LogP contribution is 2.27. The molecule has 1 aromatic rings. The third kappa shape index (κ3) is 3.18. The molecule has 1 rings (SSSR count). The molecule has 0 radical (unpaired) electrons. The summed E-state index contributed by atoms with van der Waals surface area (Å²) in [5.74, 6) is -0.289. The number of hydrogen-bond donors (Lipinski definition) is 1. The number of anilines is 1. The molecule has 0 saturated heterocycles. The van der Waals surface area contributed by atoms with Crippen molar-refractivity contribution in [1.82, 2.24) is 0 Å². The standard InChI is InChI=1S/C13H18FN3/c1-9(6-7-15)17(3)13-5-4-11(14)8-12(13)10(2)16/h4-5,8-10H,6,16H2,1-3H3. The third-order valence-electron chi connectivity index (χ3n) is 2.91. The Kier molecular flexibility index (Phi) is 4.47. The quantitative estimate of drug-likeness (QED) is 0.872. The van der Waals surface area contributed by atoms with Gasteiger partial charge in [-0.1, -0.05) is 0 Å². The van der Waals surface area contributed by atoms with Crippen molar-refractivity contribution in [2.45, 2.75) is 32.4 Å². The van der Waals surface area contributed by atoms with E-state index in [0.29, 0.717) is 6.42 Å². The fraction of sp³-hybridized carbons (Fsp3) is 0.462. The molecule has 2 unspecified atom stereocenters. The fourth-order valence-electron chi connectivity index (χ4n) is 1.72. The van der Waals surface area contributed by atoms with Crippen molar-refractivity contribution in [3.05, 3.63) is 29.6 Å². The first-order chi connectivity index (χ1) is 7.97. The summed E-state index contributed by atoms with van der Waals surface area (Å²) in [6.07, 6.45) is 0.423. The van der Waals surface area contributed by atoms with E-state index in [-0.39, 0.29) is 17.9 Å². The first-order valence-corrected chi connectivity index (χ1v) is 5.62. The van der Waals surface area contributed by atoms with Crippen LogP contribution in [0.2, 0.25) is 0 Å². The van der Waals surface area contributed by atoms with Crippen LogP contribution >= 0.6 is 0 Å². The highest BCUT2D eigenvalue weighted by atomic mass is 19.1. The highest BCUT2D eigenvalue weighted by molar-refractivity contribution is 5.55. The molecule has 92 valence electrons. The molecular weight excluding hydrogens is 217 g/mol. The van der Waals surface area contributed by atoms with Gasteiger partial charge in [0.1, 0.15) is 5.82 Å². The van der Waals surface area contributed by atoms with Gasteiger partial charge < -0.3 is 10.6 Å². The normalized spacial score (nSPS) is 13.9. The number of benzene rings is 1. The largest absolute Gasteiger partial charge is 0.371 e. The zero-order valence-corrected chi connectivity index (χ0v) is 10.4. The van der Waals surface area contributed by atoms with Crippen LogP contribution in [0, 0.1) is 17.1 Å². The molecule has 0 aliphatic rings. The molecule has 0 spiro atoms. The van der Waals surface area contributed by atoms with Crippen LogP contribution in [0.1, 0.15) is 31.9 Å². The van der Waals surface area contributed by atoms with Crippen LogP contribution in [0.3, 0.4) is 0 Å². The van der Waals surface area contributed by atoms with E-state index in [9.17, 15) is 4.39 Å². The Morgan fingerprint density at radius 3 is 2.65 bits per heavy atom. The van der Waals surface area contributed by atoms with Crippen molar-refractivity contribution in [3.63, 3.8) is 0 Å². The smallest absolute Gasteiger partial charge is 0.123 e. The minimum Gasteiger partial charge on any atom is -0.371 e. The Hall–Kier alpha value is -1.60. The van der Waals surface area contributed by atoms with Crippen LogP contribution in [0.25, 0.3) is 0 Å². The lowest BCUT2D eigenvalue weighted by molar-refractivity contribution is 0.619. The Labute approximate surface area is 102 Å². The Bertz CT molecular complexity index is 423. The molecule has 17 heavy (non-hydrogen) atoms. The van der Waals surface area contributed by atoms with E-state index in [1.165, 1.54) is 12.1 Å². The highest BCUT2D eigenvalue weighted by Gasteiger charge is 2.15. The summed E-state index contributed by atoms with van der Waals surface area (Å²) in [7, 11) is 1.89. The first-order valence-electron chi connectivity index (χ1n) is 5.62. The maximum atomic E-state index is 13.2. The second-order valence-electron chi connectivity index (χ2n) is 4.31. The van der Waals surface area contributed by atoms with Crippen molar-refractivity contribution in [3.8, 4) is 6.07 Å². The van der Waals surface area contributed by atoms with Gasteiger partial charge in [0.2, 0.25) is 0 Å². The lowest BCUT2D eigenvalue weighted by Crippen LogP contribution is -2.30. The molecule has 0 fully saturated rings. The van der Waals surface area contributed by atoms with Crippen LogP contribution in [0.4, 0.5) is 10.1 Å². The van der Waals surface area contributed by atoms with E-state index in [1.54, 1.807) is 6.07 Å². The predicted octanol–water partition coefficient (Wildman–Crippen LogP) is 2.58. The second-order valence-corrected chi connectivity index (χ2v) is 4.31. The molecule has 4 heteroatoms. The molecular formula is C13H18FN3. The molecule has 0 saturated carbocycles. The number of halogens is 1. The summed E-state index contributed by atoms with van der Waals surface area (Å²) in [5.41, 5.74) is 7.48. The Morgan fingerprint density at radius 1 is 1.47 bits per heavy atom. The van der Waals surface area contributed by atoms with Crippen LogP contribution in [-0.4, -0.2) is 13.1 Å². The molecule has 0 aliphatic carbocycles. The van der Waals surface area contributed by atoms with Gasteiger partial charge in [0, 0.05) is 24.8 Å². The van der Waals surface area contributed by atoms with Gasteiger partial charge in [0.15, 0.2) is 0 Å². The van der Waals surface area contributed by atoms with Gasteiger partial charge in [0.25, 0.3) is 0 Å². The van der Waals surface area contributed by atoms with Crippen molar-refractivity contribution < 1.29 is 4.39 Å². The summed E-state index contributed by atoms with van der Waals surface area (Å²) in [6, 6.07) is 6.54. The molecule has 1 aromatic carbocycles. The summed E-state index contributed by atoms with van der Waals surface area (Å²) in [5, 5.41) is 8.69. The molecule has 0 heterocycles. The summed E-state index contributed by atoms with van der Waals surface area (Å²) < 4.78 is 13.2. The van der Waals surface area contributed by atoms with E-state index < -0.39 is 0 Å². The van der Waals surface area contributed by atoms with E-state index in [2.05, 4.69) is 6.07 Å². The lowest BCUT2D eigenvalue weighted by Gasteiger charge is -2.28. The molecule has 3 nitrogen and oxygen atoms in total. The maximum Gasteiger partial charge on any atom is 0.123 e. The zero-order chi connectivity index (χ0) is 13.0. The zero-order valence-electron chi connectivity index (χ0n) is 10.4. The van der Waals surface area contributed by atoms with E-state index in [4.69, 9.17) is 11.0 Å². The minimum atomic E-state index is -0.289. The van der Waals surface area contributed by atoms with Crippen molar-refractivity contribution in [1.29, 1.82) is 5.26 Å². The second kappa shape index (κ2) is 5.65. The van der Waals surface area contributed by atoms with Crippen LogP contribution in [0.15, 0.2) is 18.2 Å². The van der Waals surface area contributed by atoms with E-state index in [1.807, 2.05) is 25.8 Å². The first kappa shape index (κ1) is 13.5.